The van der Waals surface area contributed by atoms with Crippen molar-refractivity contribution < 1.29 is 4.21 Å². The summed E-state index contributed by atoms with van der Waals surface area (Å²) in [6.07, 6.45) is 1.67. The van der Waals surface area contributed by atoms with Gasteiger partial charge in [0.15, 0.2) is 0 Å². The van der Waals surface area contributed by atoms with Crippen LogP contribution in [-0.2, 0) is 9.73 Å². The lowest BCUT2D eigenvalue weighted by molar-refractivity contribution is 0.677. The Balaban J connectivity index is 3.76. The quantitative estimate of drug-likeness (QED) is 0.612. The van der Waals surface area contributed by atoms with Gasteiger partial charge in [-0.25, -0.2) is 4.36 Å². The summed E-state index contributed by atoms with van der Waals surface area (Å²) in [5.74, 6) is 0.639. The maximum atomic E-state index is 11.1. The van der Waals surface area contributed by atoms with Gasteiger partial charge in [-0.2, -0.15) is 0 Å². The van der Waals surface area contributed by atoms with Gasteiger partial charge in [0.25, 0.3) is 0 Å². The van der Waals surface area contributed by atoms with Gasteiger partial charge in [-0.1, -0.05) is 0 Å². The second-order valence-corrected chi connectivity index (χ2v) is 4.64. The van der Waals surface area contributed by atoms with Crippen molar-refractivity contribution in [3.63, 3.8) is 0 Å². The number of nitrogens with one attached hydrogen (secondary N) is 1. The summed E-state index contributed by atoms with van der Waals surface area (Å²) in [6, 6.07) is 0. The summed E-state index contributed by atoms with van der Waals surface area (Å²) in [7, 11) is 1.56. The number of nitrogens with zero attached hydrogens (tertiary/aromatic N) is 1. The third-order valence-corrected chi connectivity index (χ3v) is 2.85. The largest absolute Gasteiger partial charge is 0.319 e. The Morgan fingerprint density at radius 1 is 1.67 bits per heavy atom. The topological polar surface area (TPSA) is 41.5 Å². The van der Waals surface area contributed by atoms with Crippen molar-refractivity contribution in [1.82, 2.24) is 5.32 Å². The van der Waals surface area contributed by atoms with Crippen LogP contribution in [0.4, 0.5) is 0 Å². The van der Waals surface area contributed by atoms with Crippen molar-refractivity contribution in [1.29, 1.82) is 0 Å². The number of rotatable bonds is 3. The third kappa shape index (κ3) is 4.42. The Kier molecular flexibility index (Phi) is 3.81. The maximum absolute atomic E-state index is 11.1. The van der Waals surface area contributed by atoms with E-state index in [-0.39, 0.29) is 0 Å². The van der Waals surface area contributed by atoms with Crippen LogP contribution in [0.1, 0.15) is 0 Å². The fourth-order valence-corrected chi connectivity index (χ4v) is 1.15. The van der Waals surface area contributed by atoms with Crippen LogP contribution in [0.25, 0.3) is 0 Å². The van der Waals surface area contributed by atoms with E-state index in [0.717, 1.165) is 6.54 Å². The summed E-state index contributed by atoms with van der Waals surface area (Å²) in [4.78, 5) is 0. The minimum absolute atomic E-state index is 0.639. The van der Waals surface area contributed by atoms with Crippen molar-refractivity contribution in [2.24, 2.45) is 4.36 Å². The molecule has 0 aliphatic carbocycles. The molecule has 1 N–H and O–H groups in total. The molecule has 0 aliphatic rings. The predicted molar refractivity (Wildman–Crippen MR) is 41.2 cm³/mol. The van der Waals surface area contributed by atoms with E-state index in [0.29, 0.717) is 5.75 Å². The Labute approximate surface area is 57.0 Å². The molecule has 0 aromatic carbocycles. The lowest BCUT2D eigenvalue weighted by Crippen LogP contribution is -2.17. The van der Waals surface area contributed by atoms with Gasteiger partial charge in [0.05, 0.1) is 0 Å². The number of hydrogen-bond acceptors (Lipinski definition) is 3. The van der Waals surface area contributed by atoms with Gasteiger partial charge >= 0.3 is 0 Å². The molecular weight excluding hydrogens is 136 g/mol. The zero-order valence-corrected chi connectivity index (χ0v) is 6.99. The molecule has 56 valence electrons. The monoisotopic (exact) mass is 150 g/mol. The van der Waals surface area contributed by atoms with Crippen LogP contribution in [0.5, 0.6) is 0 Å². The first kappa shape index (κ1) is 8.91. The first-order valence-electron chi connectivity index (χ1n) is 2.85. The van der Waals surface area contributed by atoms with E-state index in [1.165, 1.54) is 0 Å². The van der Waals surface area contributed by atoms with Crippen molar-refractivity contribution in [3.8, 4) is 0 Å². The fourth-order valence-electron chi connectivity index (χ4n) is 0.383. The zero-order chi connectivity index (χ0) is 7.33. The molecule has 9 heavy (non-hydrogen) atoms. The van der Waals surface area contributed by atoms with Crippen molar-refractivity contribution in [2.45, 2.75) is 0 Å². The van der Waals surface area contributed by atoms with Gasteiger partial charge in [0.2, 0.25) is 0 Å². The molecule has 0 amide bonds. The minimum atomic E-state index is -1.87. The minimum Gasteiger partial charge on any atom is -0.319 e. The molecule has 4 heteroatoms. The summed E-state index contributed by atoms with van der Waals surface area (Å²) in [6.45, 7) is 0.771. The summed E-state index contributed by atoms with van der Waals surface area (Å²) in [5.41, 5.74) is 0. The van der Waals surface area contributed by atoms with Gasteiger partial charge in [0.1, 0.15) is 0 Å². The normalized spacial score (nSPS) is 16.8. The molecule has 1 atom stereocenters. The molecule has 0 radical (unpaired) electrons. The van der Waals surface area contributed by atoms with E-state index in [1.54, 1.807) is 13.3 Å². The van der Waals surface area contributed by atoms with Gasteiger partial charge in [-0.3, -0.25) is 4.21 Å². The molecular formula is C5H14N2OS. The Hall–Kier alpha value is -0.0900. The second kappa shape index (κ2) is 3.85. The first-order chi connectivity index (χ1) is 4.12. The van der Waals surface area contributed by atoms with Crippen LogP contribution < -0.4 is 5.32 Å². The van der Waals surface area contributed by atoms with Gasteiger partial charge < -0.3 is 5.32 Å². The van der Waals surface area contributed by atoms with Crippen molar-refractivity contribution >= 4 is 9.73 Å². The van der Waals surface area contributed by atoms with Crippen LogP contribution in [0.15, 0.2) is 4.36 Å². The molecule has 0 bridgehead atoms. The van der Waals surface area contributed by atoms with Crippen molar-refractivity contribution in [3.05, 3.63) is 0 Å². The predicted octanol–water partition coefficient (Wildman–Crippen LogP) is -0.0666. The molecule has 3 nitrogen and oxygen atoms in total. The molecule has 0 rings (SSSR count). The molecule has 0 saturated carbocycles. The van der Waals surface area contributed by atoms with E-state index in [9.17, 15) is 4.21 Å². The van der Waals surface area contributed by atoms with E-state index >= 15 is 0 Å². The molecule has 0 heterocycles. The van der Waals surface area contributed by atoms with E-state index in [1.807, 2.05) is 7.05 Å². The van der Waals surface area contributed by atoms with E-state index in [2.05, 4.69) is 9.68 Å². The SMILES string of the molecule is CN=S(C)(=O)CCNC. The molecule has 0 aromatic rings. The lowest BCUT2D eigenvalue weighted by Gasteiger charge is -1.99. The molecule has 0 fully saturated rings. The summed E-state index contributed by atoms with van der Waals surface area (Å²) >= 11 is 0. The lowest BCUT2D eigenvalue weighted by atomic mass is 10.8. The Morgan fingerprint density at radius 3 is 2.56 bits per heavy atom. The highest BCUT2D eigenvalue weighted by molar-refractivity contribution is 7.92. The van der Waals surface area contributed by atoms with Crippen LogP contribution in [0.2, 0.25) is 0 Å². The number of hydrogen-bond donors (Lipinski definition) is 1. The highest BCUT2D eigenvalue weighted by Crippen LogP contribution is 1.85. The van der Waals surface area contributed by atoms with Gasteiger partial charge in [-0.15, -0.1) is 0 Å². The van der Waals surface area contributed by atoms with Gasteiger partial charge in [-0.05, 0) is 7.05 Å². The van der Waals surface area contributed by atoms with Crippen molar-refractivity contribution in [2.75, 3.05) is 32.6 Å². The molecule has 0 spiro atoms. The molecule has 0 aliphatic heterocycles. The standard InChI is InChI=1S/C5H14N2OS/c1-6-4-5-9(3,8)7-2/h6H,4-5H2,1-3H3. The summed E-state index contributed by atoms with van der Waals surface area (Å²) < 4.78 is 14.9. The Morgan fingerprint density at radius 2 is 2.22 bits per heavy atom. The highest BCUT2D eigenvalue weighted by Gasteiger charge is 1.95. The van der Waals surface area contributed by atoms with Crippen LogP contribution >= 0.6 is 0 Å². The average Bonchev–Trinajstić information content (AvgIpc) is 1.84. The maximum Gasteiger partial charge on any atom is 0.0448 e. The fraction of sp³-hybridized carbons (Fsp3) is 1.00. The Bertz CT molecular complexity index is 170. The molecule has 0 aromatic heterocycles. The van der Waals surface area contributed by atoms with E-state index in [4.69, 9.17) is 0 Å². The average molecular weight is 150 g/mol. The zero-order valence-electron chi connectivity index (χ0n) is 6.18. The second-order valence-electron chi connectivity index (χ2n) is 1.95. The first-order valence-corrected chi connectivity index (χ1v) is 4.94. The van der Waals surface area contributed by atoms with Gasteiger partial charge in [0, 0.05) is 35.3 Å². The third-order valence-electron chi connectivity index (χ3n) is 1.12. The highest BCUT2D eigenvalue weighted by atomic mass is 32.2. The molecule has 0 saturated heterocycles. The molecule has 1 unspecified atom stereocenters. The summed E-state index contributed by atoms with van der Waals surface area (Å²) in [5, 5.41) is 2.92. The van der Waals surface area contributed by atoms with Crippen LogP contribution in [0.3, 0.4) is 0 Å². The smallest absolute Gasteiger partial charge is 0.0448 e. The van der Waals surface area contributed by atoms with E-state index < -0.39 is 9.73 Å². The van der Waals surface area contributed by atoms with Crippen LogP contribution in [-0.4, -0.2) is 36.9 Å². The van der Waals surface area contributed by atoms with Crippen LogP contribution in [0, 0.1) is 0 Å².